The molecular weight excluding hydrogens is 417 g/mol. The molecule has 148 valence electrons. The Balaban J connectivity index is 1.89. The number of nitrogens with one attached hydrogen (secondary N) is 1. The number of nitrogens with zero attached hydrogens (tertiary/aromatic N) is 1. The van der Waals surface area contributed by atoms with E-state index in [2.05, 4.69) is 5.32 Å². The van der Waals surface area contributed by atoms with Crippen molar-refractivity contribution < 1.29 is 32.7 Å². The maximum absolute atomic E-state index is 13.1. The zero-order chi connectivity index (χ0) is 21.1. The largest absolute Gasteiger partial charge is 0.478 e. The summed E-state index contributed by atoms with van der Waals surface area (Å²) in [4.78, 5) is 21.8. The average molecular weight is 425 g/mol. The van der Waals surface area contributed by atoms with E-state index in [9.17, 15) is 33.2 Å². The minimum absolute atomic E-state index is 0.0417. The second-order valence-electron chi connectivity index (χ2n) is 6.18. The number of aromatic carboxylic acids is 1. The Hall–Kier alpha value is -3.53. The van der Waals surface area contributed by atoms with E-state index in [4.69, 9.17) is 16.3 Å². The van der Waals surface area contributed by atoms with Gasteiger partial charge < -0.3 is 15.2 Å². The van der Waals surface area contributed by atoms with Gasteiger partial charge in [0.25, 0.3) is 5.69 Å². The van der Waals surface area contributed by atoms with Gasteiger partial charge in [0.05, 0.1) is 38.5 Å². The fraction of sp³-hybridized carbons (Fsp3) is 0.0556. The maximum Gasteiger partial charge on any atom is 0.417 e. The van der Waals surface area contributed by atoms with Crippen LogP contribution in [-0.2, 0) is 6.18 Å². The van der Waals surface area contributed by atoms with E-state index in [0.29, 0.717) is 5.39 Å². The lowest BCUT2D eigenvalue weighted by atomic mass is 10.0. The first-order valence-electron chi connectivity index (χ1n) is 7.89. The minimum Gasteiger partial charge on any atom is -0.478 e. The molecule has 1 aliphatic heterocycles. The van der Waals surface area contributed by atoms with Gasteiger partial charge >= 0.3 is 12.1 Å². The van der Waals surface area contributed by atoms with Crippen LogP contribution >= 0.6 is 11.6 Å². The van der Waals surface area contributed by atoms with Crippen LogP contribution in [0.4, 0.5) is 30.2 Å². The molecule has 0 aromatic heterocycles. The van der Waals surface area contributed by atoms with Crippen LogP contribution in [0.3, 0.4) is 0 Å². The molecule has 3 aromatic carbocycles. The number of ether oxygens (including phenoxy) is 1. The minimum atomic E-state index is -4.65. The van der Waals surface area contributed by atoms with Gasteiger partial charge in [-0.15, -0.1) is 0 Å². The van der Waals surface area contributed by atoms with E-state index in [1.54, 1.807) is 0 Å². The predicted molar refractivity (Wildman–Crippen MR) is 97.4 cm³/mol. The Bertz CT molecular complexity index is 1230. The molecule has 1 heterocycles. The standard InChI is InChI=1S/C18H8ClF3N2O5/c19-12-2-8-4-14-13(3-7(8)1-11(12)18(20,21)22)23-16-10(17(25)26)5-9(24(27)28)6-15(16)29-14/h1-6,23H,(H,25,26). The number of fused-ring (bicyclic) bond motifs is 3. The van der Waals surface area contributed by atoms with Crippen molar-refractivity contribution in [3.05, 3.63) is 62.7 Å². The topological polar surface area (TPSA) is 102 Å². The van der Waals surface area contributed by atoms with Crippen molar-refractivity contribution in [3.63, 3.8) is 0 Å². The maximum atomic E-state index is 13.1. The summed E-state index contributed by atoms with van der Waals surface area (Å²) < 4.78 is 44.9. The van der Waals surface area contributed by atoms with Gasteiger partial charge in [0.1, 0.15) is 0 Å². The Morgan fingerprint density at radius 1 is 1.10 bits per heavy atom. The normalized spacial score (nSPS) is 12.6. The summed E-state index contributed by atoms with van der Waals surface area (Å²) in [5.74, 6) is -1.38. The van der Waals surface area contributed by atoms with Crippen molar-refractivity contribution in [1.29, 1.82) is 0 Å². The highest BCUT2D eigenvalue weighted by Crippen LogP contribution is 2.47. The monoisotopic (exact) mass is 424 g/mol. The number of nitro groups is 1. The lowest BCUT2D eigenvalue weighted by Crippen LogP contribution is -2.10. The zero-order valence-electron chi connectivity index (χ0n) is 14.0. The third-order valence-corrected chi connectivity index (χ3v) is 4.65. The first kappa shape index (κ1) is 18.8. The third-order valence-electron chi connectivity index (χ3n) is 4.34. The molecule has 0 aliphatic carbocycles. The highest BCUT2D eigenvalue weighted by atomic mass is 35.5. The van der Waals surface area contributed by atoms with Crippen molar-refractivity contribution in [1.82, 2.24) is 0 Å². The summed E-state index contributed by atoms with van der Waals surface area (Å²) in [5, 5.41) is 23.3. The summed E-state index contributed by atoms with van der Waals surface area (Å²) in [7, 11) is 0. The molecule has 0 saturated carbocycles. The molecule has 0 radical (unpaired) electrons. The van der Waals surface area contributed by atoms with Crippen LogP contribution in [0.25, 0.3) is 10.8 Å². The number of hydrogen-bond acceptors (Lipinski definition) is 5. The molecule has 11 heteroatoms. The van der Waals surface area contributed by atoms with Crippen molar-refractivity contribution >= 4 is 45.4 Å². The highest BCUT2D eigenvalue weighted by Gasteiger charge is 2.34. The summed E-state index contributed by atoms with van der Waals surface area (Å²) in [6.07, 6.45) is -4.65. The van der Waals surface area contributed by atoms with Crippen LogP contribution in [0.1, 0.15) is 15.9 Å². The zero-order valence-corrected chi connectivity index (χ0v) is 14.8. The quantitative estimate of drug-likeness (QED) is 0.304. The van der Waals surface area contributed by atoms with E-state index in [1.165, 1.54) is 12.1 Å². The van der Waals surface area contributed by atoms with Crippen LogP contribution in [0, 0.1) is 10.1 Å². The molecule has 0 spiro atoms. The second kappa shape index (κ2) is 6.24. The number of anilines is 2. The molecule has 4 rings (SSSR count). The van der Waals surface area contributed by atoms with Crippen molar-refractivity contribution in [2.45, 2.75) is 6.18 Å². The molecule has 0 atom stereocenters. The molecule has 0 fully saturated rings. The Morgan fingerprint density at radius 2 is 1.79 bits per heavy atom. The van der Waals surface area contributed by atoms with E-state index in [-0.39, 0.29) is 28.3 Å². The molecule has 3 aromatic rings. The van der Waals surface area contributed by atoms with Crippen LogP contribution in [0.2, 0.25) is 5.02 Å². The fourth-order valence-corrected chi connectivity index (χ4v) is 3.32. The van der Waals surface area contributed by atoms with Gasteiger partial charge in [-0.05, 0) is 35.0 Å². The van der Waals surface area contributed by atoms with Crippen molar-refractivity contribution in [3.8, 4) is 11.5 Å². The molecule has 0 saturated heterocycles. The smallest absolute Gasteiger partial charge is 0.417 e. The Kier molecular flexibility index (Phi) is 4.05. The first-order chi connectivity index (χ1) is 13.5. The summed E-state index contributed by atoms with van der Waals surface area (Å²) in [6, 6.07) is 6.70. The lowest BCUT2D eigenvalue weighted by molar-refractivity contribution is -0.384. The number of carbonyl (C=O) groups is 1. The highest BCUT2D eigenvalue weighted by molar-refractivity contribution is 6.32. The number of nitro benzene ring substituents is 1. The molecule has 0 bridgehead atoms. The molecule has 1 aliphatic rings. The van der Waals surface area contributed by atoms with Gasteiger partial charge in [0, 0.05) is 6.07 Å². The predicted octanol–water partition coefficient (Wildman–Crippen LogP) is 5.97. The number of hydrogen-bond donors (Lipinski definition) is 2. The van der Waals surface area contributed by atoms with Gasteiger partial charge in [-0.2, -0.15) is 13.2 Å². The van der Waals surface area contributed by atoms with E-state index < -0.39 is 38.9 Å². The van der Waals surface area contributed by atoms with Crippen molar-refractivity contribution in [2.24, 2.45) is 0 Å². The van der Waals surface area contributed by atoms with Gasteiger partial charge in [0.15, 0.2) is 11.5 Å². The van der Waals surface area contributed by atoms with E-state index in [0.717, 1.165) is 24.3 Å². The summed E-state index contributed by atoms with van der Waals surface area (Å²) in [6.45, 7) is 0. The molecule has 0 amide bonds. The van der Waals surface area contributed by atoms with Gasteiger partial charge in [-0.3, -0.25) is 10.1 Å². The van der Waals surface area contributed by atoms with Gasteiger partial charge in [-0.1, -0.05) is 11.6 Å². The molecular formula is C18H8ClF3N2O5. The molecule has 0 unspecified atom stereocenters. The molecule has 7 nitrogen and oxygen atoms in total. The number of alkyl halides is 3. The van der Waals surface area contributed by atoms with Crippen molar-refractivity contribution in [2.75, 3.05) is 5.32 Å². The van der Waals surface area contributed by atoms with Gasteiger partial charge in [0.2, 0.25) is 0 Å². The number of carboxylic acids is 1. The van der Waals surface area contributed by atoms with Crippen LogP contribution < -0.4 is 10.1 Å². The molecule has 29 heavy (non-hydrogen) atoms. The van der Waals surface area contributed by atoms with E-state index >= 15 is 0 Å². The number of non-ortho nitro benzene ring substituents is 1. The lowest BCUT2D eigenvalue weighted by Gasteiger charge is -2.23. The number of rotatable bonds is 2. The van der Waals surface area contributed by atoms with Crippen LogP contribution in [0.5, 0.6) is 11.5 Å². The van der Waals surface area contributed by atoms with Gasteiger partial charge in [-0.25, -0.2) is 4.79 Å². The number of benzene rings is 3. The number of carboxylic acid groups (broad SMARTS) is 1. The van der Waals surface area contributed by atoms with Crippen LogP contribution in [-0.4, -0.2) is 16.0 Å². The SMILES string of the molecule is O=C(O)c1cc([N+](=O)[O-])cc2c1Nc1cc3cc(C(F)(F)F)c(Cl)cc3cc1O2. The summed E-state index contributed by atoms with van der Waals surface area (Å²) in [5.41, 5.74) is -1.74. The van der Waals surface area contributed by atoms with Crippen LogP contribution in [0.15, 0.2) is 36.4 Å². The summed E-state index contributed by atoms with van der Waals surface area (Å²) >= 11 is 5.75. The number of halogens is 4. The fourth-order valence-electron chi connectivity index (χ4n) is 3.04. The first-order valence-corrected chi connectivity index (χ1v) is 8.27. The average Bonchev–Trinajstić information content (AvgIpc) is 2.62. The Morgan fingerprint density at radius 3 is 2.41 bits per heavy atom. The Labute approximate surface area is 164 Å². The third kappa shape index (κ3) is 3.17. The molecule has 2 N–H and O–H groups in total. The second-order valence-corrected chi connectivity index (χ2v) is 6.59. The van der Waals surface area contributed by atoms with E-state index in [1.807, 2.05) is 0 Å².